The maximum atomic E-state index is 5.89. The highest BCUT2D eigenvalue weighted by Crippen LogP contribution is 2.28. The molecule has 0 saturated heterocycles. The minimum Gasteiger partial charge on any atom is -0.488 e. The highest BCUT2D eigenvalue weighted by Gasteiger charge is 2.21. The number of hydrogen-bond acceptors (Lipinski definition) is 3. The second-order valence-corrected chi connectivity index (χ2v) is 5.68. The molecular formula is C15H23N3OS. The van der Waals surface area contributed by atoms with Crippen molar-refractivity contribution in [3.63, 3.8) is 0 Å². The van der Waals surface area contributed by atoms with E-state index < -0.39 is 0 Å². The van der Waals surface area contributed by atoms with Crippen molar-refractivity contribution < 1.29 is 4.74 Å². The van der Waals surface area contributed by atoms with Gasteiger partial charge in [0.05, 0.1) is 6.54 Å². The van der Waals surface area contributed by atoms with Crippen molar-refractivity contribution in [1.29, 1.82) is 0 Å². The van der Waals surface area contributed by atoms with Crippen LogP contribution in [0.1, 0.15) is 12.5 Å². The third-order valence-corrected chi connectivity index (χ3v) is 3.72. The molecule has 5 heteroatoms. The Bertz CT molecular complexity index is 425. The van der Waals surface area contributed by atoms with Crippen molar-refractivity contribution in [1.82, 2.24) is 10.6 Å². The molecule has 0 spiro atoms. The highest BCUT2D eigenvalue weighted by molar-refractivity contribution is 7.98. The van der Waals surface area contributed by atoms with E-state index in [1.165, 1.54) is 5.56 Å². The number of benzene rings is 1. The maximum Gasteiger partial charge on any atom is 0.191 e. The molecule has 4 nitrogen and oxygen atoms in total. The summed E-state index contributed by atoms with van der Waals surface area (Å²) in [6.45, 7) is 4.56. The van der Waals surface area contributed by atoms with Crippen molar-refractivity contribution in [2.24, 2.45) is 4.99 Å². The predicted octanol–water partition coefficient (Wildman–Crippen LogP) is 1.91. The van der Waals surface area contributed by atoms with Crippen LogP contribution in [0.4, 0.5) is 0 Å². The van der Waals surface area contributed by atoms with E-state index in [1.54, 1.807) is 0 Å². The Labute approximate surface area is 125 Å². The monoisotopic (exact) mass is 293 g/mol. The van der Waals surface area contributed by atoms with Gasteiger partial charge in [0.25, 0.3) is 0 Å². The second-order valence-electron chi connectivity index (χ2n) is 4.69. The molecule has 0 fully saturated rings. The first kappa shape index (κ1) is 15.0. The van der Waals surface area contributed by atoms with Gasteiger partial charge in [0, 0.05) is 25.3 Å². The number of fused-ring (bicyclic) bond motifs is 1. The Balaban J connectivity index is 1.84. The first-order valence-electron chi connectivity index (χ1n) is 7.09. The summed E-state index contributed by atoms with van der Waals surface area (Å²) in [5.74, 6) is 2.96. The summed E-state index contributed by atoms with van der Waals surface area (Å²) in [5.41, 5.74) is 1.29. The Hall–Kier alpha value is -1.36. The minimum absolute atomic E-state index is 0.156. The van der Waals surface area contributed by atoms with Crippen LogP contribution in [-0.4, -0.2) is 43.7 Å². The van der Waals surface area contributed by atoms with Gasteiger partial charge in [-0.1, -0.05) is 18.2 Å². The molecule has 0 saturated carbocycles. The van der Waals surface area contributed by atoms with Gasteiger partial charge in [-0.15, -0.1) is 0 Å². The van der Waals surface area contributed by atoms with E-state index >= 15 is 0 Å². The third-order valence-electron chi connectivity index (χ3n) is 3.11. The normalized spacial score (nSPS) is 17.5. The van der Waals surface area contributed by atoms with Gasteiger partial charge < -0.3 is 15.4 Å². The lowest BCUT2D eigenvalue weighted by atomic mass is 10.1. The molecule has 0 radical (unpaired) electrons. The van der Waals surface area contributed by atoms with Crippen LogP contribution in [0.25, 0.3) is 0 Å². The first-order valence-corrected chi connectivity index (χ1v) is 8.48. The zero-order chi connectivity index (χ0) is 14.2. The van der Waals surface area contributed by atoms with Gasteiger partial charge in [-0.25, -0.2) is 4.99 Å². The van der Waals surface area contributed by atoms with E-state index in [4.69, 9.17) is 4.74 Å². The van der Waals surface area contributed by atoms with Crippen LogP contribution in [0.3, 0.4) is 0 Å². The van der Waals surface area contributed by atoms with Crippen LogP contribution >= 0.6 is 11.8 Å². The molecule has 1 atom stereocenters. The largest absolute Gasteiger partial charge is 0.488 e. The summed E-state index contributed by atoms with van der Waals surface area (Å²) < 4.78 is 5.89. The Morgan fingerprint density at radius 2 is 2.25 bits per heavy atom. The van der Waals surface area contributed by atoms with E-state index in [9.17, 15) is 0 Å². The zero-order valence-electron chi connectivity index (χ0n) is 12.2. The van der Waals surface area contributed by atoms with E-state index in [2.05, 4.69) is 40.9 Å². The van der Waals surface area contributed by atoms with Crippen molar-refractivity contribution in [3.05, 3.63) is 29.8 Å². The fraction of sp³-hybridized carbons (Fsp3) is 0.533. The van der Waals surface area contributed by atoms with Crippen LogP contribution in [0.2, 0.25) is 0 Å². The van der Waals surface area contributed by atoms with Crippen LogP contribution in [0, 0.1) is 0 Å². The molecule has 20 heavy (non-hydrogen) atoms. The summed E-state index contributed by atoms with van der Waals surface area (Å²) >= 11 is 1.83. The number of aliphatic imine (C=N–C) groups is 1. The molecule has 0 aliphatic carbocycles. The number of para-hydroxylation sites is 1. The molecule has 0 bridgehead atoms. The highest BCUT2D eigenvalue weighted by atomic mass is 32.2. The van der Waals surface area contributed by atoms with Crippen molar-refractivity contribution >= 4 is 17.7 Å². The zero-order valence-corrected chi connectivity index (χ0v) is 13.0. The number of hydrogen-bond donors (Lipinski definition) is 2. The van der Waals surface area contributed by atoms with E-state index in [0.717, 1.165) is 37.0 Å². The quantitative estimate of drug-likeness (QED) is 0.478. The van der Waals surface area contributed by atoms with Gasteiger partial charge in [-0.05, 0) is 24.8 Å². The number of rotatable bonds is 6. The molecule has 1 unspecified atom stereocenters. The number of guanidine groups is 1. The SMILES string of the molecule is CCNC(=NCC1Cc2ccccc2O1)NCCSC. The maximum absolute atomic E-state index is 5.89. The molecular weight excluding hydrogens is 270 g/mol. The Morgan fingerprint density at radius 3 is 3.00 bits per heavy atom. The van der Waals surface area contributed by atoms with Crippen molar-refractivity contribution in [2.75, 3.05) is 31.6 Å². The fourth-order valence-corrected chi connectivity index (χ4v) is 2.47. The smallest absolute Gasteiger partial charge is 0.191 e. The number of nitrogens with one attached hydrogen (secondary N) is 2. The van der Waals surface area contributed by atoms with E-state index in [-0.39, 0.29) is 6.10 Å². The molecule has 1 heterocycles. The average molecular weight is 293 g/mol. The summed E-state index contributed by atoms with van der Waals surface area (Å²) in [7, 11) is 0. The fourth-order valence-electron chi connectivity index (χ4n) is 2.16. The first-order chi connectivity index (χ1) is 9.83. The van der Waals surface area contributed by atoms with Crippen LogP contribution < -0.4 is 15.4 Å². The number of nitrogens with zero attached hydrogens (tertiary/aromatic N) is 1. The predicted molar refractivity (Wildman–Crippen MR) is 86.9 cm³/mol. The minimum atomic E-state index is 0.156. The van der Waals surface area contributed by atoms with Gasteiger partial charge in [0.1, 0.15) is 11.9 Å². The standard InChI is InChI=1S/C15H23N3OS/c1-3-16-15(17-8-9-20-2)18-11-13-10-12-6-4-5-7-14(12)19-13/h4-7,13H,3,8-11H2,1-2H3,(H2,16,17,18). The number of thioether (sulfide) groups is 1. The number of ether oxygens (including phenoxy) is 1. The molecule has 1 aromatic carbocycles. The summed E-state index contributed by atoms with van der Waals surface area (Å²) in [6.07, 6.45) is 3.21. The van der Waals surface area contributed by atoms with Gasteiger partial charge in [-0.2, -0.15) is 11.8 Å². The van der Waals surface area contributed by atoms with Crippen LogP contribution in [-0.2, 0) is 6.42 Å². The molecule has 2 N–H and O–H groups in total. The molecule has 110 valence electrons. The van der Waals surface area contributed by atoms with Crippen molar-refractivity contribution in [2.45, 2.75) is 19.4 Å². The van der Waals surface area contributed by atoms with Gasteiger partial charge >= 0.3 is 0 Å². The summed E-state index contributed by atoms with van der Waals surface area (Å²) in [4.78, 5) is 4.61. The average Bonchev–Trinajstić information content (AvgIpc) is 2.87. The Morgan fingerprint density at radius 1 is 1.40 bits per heavy atom. The van der Waals surface area contributed by atoms with E-state index in [1.807, 2.05) is 23.9 Å². The lowest BCUT2D eigenvalue weighted by Crippen LogP contribution is -2.39. The molecule has 1 aliphatic heterocycles. The molecule has 2 rings (SSSR count). The summed E-state index contributed by atoms with van der Waals surface area (Å²) in [6, 6.07) is 8.22. The topological polar surface area (TPSA) is 45.7 Å². The van der Waals surface area contributed by atoms with Crippen LogP contribution in [0.15, 0.2) is 29.3 Å². The summed E-state index contributed by atoms with van der Waals surface area (Å²) in [5, 5.41) is 6.59. The second kappa shape index (κ2) is 8.04. The molecule has 0 aromatic heterocycles. The van der Waals surface area contributed by atoms with Gasteiger partial charge in [0.2, 0.25) is 0 Å². The van der Waals surface area contributed by atoms with Crippen molar-refractivity contribution in [3.8, 4) is 5.75 Å². The Kier molecular flexibility index (Phi) is 6.05. The third kappa shape index (κ3) is 4.34. The van der Waals surface area contributed by atoms with Gasteiger partial charge in [-0.3, -0.25) is 0 Å². The molecule has 1 aliphatic rings. The van der Waals surface area contributed by atoms with E-state index in [0.29, 0.717) is 6.54 Å². The molecule has 1 aromatic rings. The van der Waals surface area contributed by atoms with Crippen LogP contribution in [0.5, 0.6) is 5.75 Å². The lowest BCUT2D eigenvalue weighted by molar-refractivity contribution is 0.241. The lowest BCUT2D eigenvalue weighted by Gasteiger charge is -2.12. The van der Waals surface area contributed by atoms with Gasteiger partial charge in [0.15, 0.2) is 5.96 Å². The molecule has 0 amide bonds.